The highest BCUT2D eigenvalue weighted by atomic mass is 79.9. The molecule has 0 aliphatic rings. The van der Waals surface area contributed by atoms with E-state index < -0.39 is 0 Å². The molecule has 106 valence electrons. The second kappa shape index (κ2) is 7.50. The van der Waals surface area contributed by atoms with Gasteiger partial charge in [-0.2, -0.15) is 0 Å². The summed E-state index contributed by atoms with van der Waals surface area (Å²) >= 11 is 3.54. The Morgan fingerprint density at radius 1 is 1.47 bits per heavy atom. The van der Waals surface area contributed by atoms with Gasteiger partial charge in [0.1, 0.15) is 0 Å². The molecule has 0 heterocycles. The Bertz CT molecular complexity index is 435. The van der Waals surface area contributed by atoms with Crippen LogP contribution < -0.4 is 16.0 Å². The molecule has 0 aromatic heterocycles. The maximum atomic E-state index is 10.9. The summed E-state index contributed by atoms with van der Waals surface area (Å²) < 4.78 is 0.972. The summed E-state index contributed by atoms with van der Waals surface area (Å²) in [5.41, 5.74) is 7.37. The maximum Gasteiger partial charge on any atom is 0.236 e. The maximum absolute atomic E-state index is 10.9. The topological polar surface area (TPSA) is 58.4 Å². The molecule has 3 N–H and O–H groups in total. The van der Waals surface area contributed by atoms with Crippen molar-refractivity contribution in [1.29, 1.82) is 0 Å². The number of hydrogen-bond donors (Lipinski definition) is 2. The van der Waals surface area contributed by atoms with Crippen molar-refractivity contribution in [3.8, 4) is 0 Å². The standard InChI is InChI=1S/C14H22BrN3O/c1-10(2)7-17-8-11-4-5-13(12(15)6-11)18(3)9-14(16)19/h4-6,10,17H,7-9H2,1-3H3,(H2,16,19). The fourth-order valence-electron chi connectivity index (χ4n) is 1.79. The SMILES string of the molecule is CC(C)CNCc1ccc(N(C)CC(N)=O)c(Br)c1. The third kappa shape index (κ3) is 5.61. The lowest BCUT2D eigenvalue weighted by Gasteiger charge is -2.19. The summed E-state index contributed by atoms with van der Waals surface area (Å²) in [5.74, 6) is 0.307. The number of nitrogens with two attached hydrogens (primary N) is 1. The Morgan fingerprint density at radius 3 is 2.68 bits per heavy atom. The molecule has 0 radical (unpaired) electrons. The zero-order valence-electron chi connectivity index (χ0n) is 11.7. The normalized spacial score (nSPS) is 10.8. The van der Waals surface area contributed by atoms with Crippen LogP contribution in [0.2, 0.25) is 0 Å². The van der Waals surface area contributed by atoms with E-state index in [2.05, 4.69) is 47.2 Å². The average Bonchev–Trinajstić information content (AvgIpc) is 2.27. The molecule has 4 nitrogen and oxygen atoms in total. The zero-order valence-corrected chi connectivity index (χ0v) is 13.3. The number of benzene rings is 1. The third-order valence-corrected chi connectivity index (χ3v) is 3.33. The van der Waals surface area contributed by atoms with Gasteiger partial charge in [0.2, 0.25) is 5.91 Å². The average molecular weight is 328 g/mol. The van der Waals surface area contributed by atoms with Crippen molar-refractivity contribution in [2.24, 2.45) is 11.7 Å². The zero-order chi connectivity index (χ0) is 14.4. The van der Waals surface area contributed by atoms with Crippen LogP contribution in [0, 0.1) is 5.92 Å². The highest BCUT2D eigenvalue weighted by Gasteiger charge is 2.08. The van der Waals surface area contributed by atoms with Gasteiger partial charge < -0.3 is 16.0 Å². The molecule has 5 heteroatoms. The van der Waals surface area contributed by atoms with Crippen LogP contribution in [0.3, 0.4) is 0 Å². The number of likely N-dealkylation sites (N-methyl/N-ethyl adjacent to an activating group) is 1. The summed E-state index contributed by atoms with van der Waals surface area (Å²) in [7, 11) is 1.85. The van der Waals surface area contributed by atoms with Crippen molar-refractivity contribution in [2.75, 3.05) is 25.0 Å². The number of primary amides is 1. The van der Waals surface area contributed by atoms with E-state index in [4.69, 9.17) is 5.73 Å². The first kappa shape index (κ1) is 16.0. The first-order chi connectivity index (χ1) is 8.90. The van der Waals surface area contributed by atoms with E-state index in [0.717, 1.165) is 23.2 Å². The molecule has 0 atom stereocenters. The lowest BCUT2D eigenvalue weighted by molar-refractivity contribution is -0.116. The van der Waals surface area contributed by atoms with Gasteiger partial charge in [-0.05, 0) is 46.1 Å². The summed E-state index contributed by atoms with van der Waals surface area (Å²) in [6, 6.07) is 6.13. The Kier molecular flexibility index (Phi) is 6.31. The summed E-state index contributed by atoms with van der Waals surface area (Å²) in [6.45, 7) is 6.43. The number of rotatable bonds is 7. The molecule has 0 bridgehead atoms. The van der Waals surface area contributed by atoms with Crippen LogP contribution in [-0.4, -0.2) is 26.0 Å². The second-order valence-corrected chi connectivity index (χ2v) is 5.99. The summed E-state index contributed by atoms with van der Waals surface area (Å²) in [6.07, 6.45) is 0. The highest BCUT2D eigenvalue weighted by Crippen LogP contribution is 2.26. The van der Waals surface area contributed by atoms with E-state index in [9.17, 15) is 4.79 Å². The fraction of sp³-hybridized carbons (Fsp3) is 0.500. The molecule has 1 aromatic rings. The van der Waals surface area contributed by atoms with Crippen LogP contribution >= 0.6 is 15.9 Å². The smallest absolute Gasteiger partial charge is 0.236 e. The molecule has 19 heavy (non-hydrogen) atoms. The molecule has 1 amide bonds. The largest absolute Gasteiger partial charge is 0.368 e. The number of carbonyl (C=O) groups is 1. The molecule has 1 aromatic carbocycles. The molecular weight excluding hydrogens is 306 g/mol. The van der Waals surface area contributed by atoms with E-state index in [1.165, 1.54) is 5.56 Å². The molecular formula is C14H22BrN3O. The van der Waals surface area contributed by atoms with Crippen molar-refractivity contribution in [1.82, 2.24) is 5.32 Å². The minimum atomic E-state index is -0.336. The van der Waals surface area contributed by atoms with Gasteiger partial charge >= 0.3 is 0 Å². The van der Waals surface area contributed by atoms with Crippen LogP contribution in [0.4, 0.5) is 5.69 Å². The van der Waals surface area contributed by atoms with Crippen LogP contribution in [-0.2, 0) is 11.3 Å². The van der Waals surface area contributed by atoms with Crippen LogP contribution in [0.1, 0.15) is 19.4 Å². The lowest BCUT2D eigenvalue weighted by atomic mass is 10.1. The van der Waals surface area contributed by atoms with Gasteiger partial charge in [0.25, 0.3) is 0 Å². The Hall–Kier alpha value is -1.07. The van der Waals surface area contributed by atoms with Gasteiger partial charge in [-0.1, -0.05) is 19.9 Å². The number of carbonyl (C=O) groups excluding carboxylic acids is 1. The number of amides is 1. The van der Waals surface area contributed by atoms with Crippen LogP contribution in [0.15, 0.2) is 22.7 Å². The van der Waals surface area contributed by atoms with E-state index in [1.54, 1.807) is 0 Å². The van der Waals surface area contributed by atoms with Crippen LogP contribution in [0.25, 0.3) is 0 Å². The molecule has 0 spiro atoms. The number of hydrogen-bond acceptors (Lipinski definition) is 3. The molecule has 0 fully saturated rings. The predicted octanol–water partition coefficient (Wildman–Crippen LogP) is 2.12. The summed E-state index contributed by atoms with van der Waals surface area (Å²) in [4.78, 5) is 12.8. The molecule has 0 aliphatic heterocycles. The van der Waals surface area contributed by atoms with Gasteiger partial charge in [-0.25, -0.2) is 0 Å². The lowest BCUT2D eigenvalue weighted by Crippen LogP contribution is -2.30. The van der Waals surface area contributed by atoms with Crippen molar-refractivity contribution < 1.29 is 4.79 Å². The number of halogens is 1. The number of anilines is 1. The second-order valence-electron chi connectivity index (χ2n) is 5.13. The van der Waals surface area contributed by atoms with E-state index in [1.807, 2.05) is 18.0 Å². The minimum Gasteiger partial charge on any atom is -0.368 e. The predicted molar refractivity (Wildman–Crippen MR) is 83.2 cm³/mol. The quantitative estimate of drug-likeness (QED) is 0.806. The van der Waals surface area contributed by atoms with Gasteiger partial charge in [0, 0.05) is 18.1 Å². The number of nitrogens with zero attached hydrogens (tertiary/aromatic N) is 1. The Balaban J connectivity index is 2.66. The van der Waals surface area contributed by atoms with Gasteiger partial charge in [-0.3, -0.25) is 4.79 Å². The van der Waals surface area contributed by atoms with Gasteiger partial charge in [0.15, 0.2) is 0 Å². The molecule has 0 saturated carbocycles. The van der Waals surface area contributed by atoms with Crippen molar-refractivity contribution >= 4 is 27.5 Å². The van der Waals surface area contributed by atoms with Crippen molar-refractivity contribution in [3.63, 3.8) is 0 Å². The van der Waals surface area contributed by atoms with Gasteiger partial charge in [0.05, 0.1) is 12.2 Å². The summed E-state index contributed by atoms with van der Waals surface area (Å²) in [5, 5.41) is 3.40. The number of nitrogens with one attached hydrogen (secondary N) is 1. The van der Waals surface area contributed by atoms with E-state index >= 15 is 0 Å². The fourth-order valence-corrected chi connectivity index (χ4v) is 2.52. The molecule has 1 rings (SSSR count). The monoisotopic (exact) mass is 327 g/mol. The van der Waals surface area contributed by atoms with Crippen LogP contribution in [0.5, 0.6) is 0 Å². The van der Waals surface area contributed by atoms with E-state index in [0.29, 0.717) is 5.92 Å². The van der Waals surface area contributed by atoms with Gasteiger partial charge in [-0.15, -0.1) is 0 Å². The van der Waals surface area contributed by atoms with E-state index in [-0.39, 0.29) is 12.5 Å². The molecule has 0 aliphatic carbocycles. The highest BCUT2D eigenvalue weighted by molar-refractivity contribution is 9.10. The van der Waals surface area contributed by atoms with Crippen molar-refractivity contribution in [3.05, 3.63) is 28.2 Å². The first-order valence-electron chi connectivity index (χ1n) is 6.38. The minimum absolute atomic E-state index is 0.212. The Labute approximate surface area is 123 Å². The third-order valence-electron chi connectivity index (χ3n) is 2.70. The molecule has 0 unspecified atom stereocenters. The first-order valence-corrected chi connectivity index (χ1v) is 7.18. The Morgan fingerprint density at radius 2 is 2.16 bits per heavy atom. The molecule has 0 saturated heterocycles. The van der Waals surface area contributed by atoms with Crippen molar-refractivity contribution in [2.45, 2.75) is 20.4 Å².